The number of rotatable bonds is 5. The lowest BCUT2D eigenvalue weighted by atomic mass is 9.86. The molecule has 1 atom stereocenters. The van der Waals surface area contributed by atoms with Crippen molar-refractivity contribution >= 4 is 11.7 Å². The first-order valence-electron chi connectivity index (χ1n) is 9.83. The molecule has 156 valence electrons. The Hall–Kier alpha value is -3.41. The average molecular weight is 406 g/mol. The van der Waals surface area contributed by atoms with Crippen molar-refractivity contribution in [2.75, 3.05) is 0 Å². The Bertz CT molecular complexity index is 1000. The van der Waals surface area contributed by atoms with Crippen LogP contribution in [0, 0.1) is 10.1 Å². The molecule has 0 amide bonds. The van der Waals surface area contributed by atoms with E-state index in [2.05, 4.69) is 0 Å². The summed E-state index contributed by atoms with van der Waals surface area (Å²) in [6.45, 7) is 7.86. The molecule has 6 nitrogen and oxygen atoms in total. The van der Waals surface area contributed by atoms with Gasteiger partial charge in [-0.05, 0) is 33.3 Å². The molecule has 0 aromatic heterocycles. The number of carbonyl (C=O) groups is 1. The van der Waals surface area contributed by atoms with Crippen molar-refractivity contribution in [1.29, 1.82) is 0 Å². The van der Waals surface area contributed by atoms with Gasteiger partial charge >= 0.3 is 5.97 Å². The molecule has 2 aromatic rings. The molecule has 30 heavy (non-hydrogen) atoms. The van der Waals surface area contributed by atoms with Gasteiger partial charge in [0.1, 0.15) is 5.60 Å². The summed E-state index contributed by atoms with van der Waals surface area (Å²) >= 11 is 0. The first-order valence-corrected chi connectivity index (χ1v) is 9.83. The van der Waals surface area contributed by atoms with Crippen LogP contribution in [-0.4, -0.2) is 21.4 Å². The Balaban J connectivity index is 2.06. The third kappa shape index (κ3) is 4.76. The Morgan fingerprint density at radius 1 is 1.10 bits per heavy atom. The van der Waals surface area contributed by atoms with E-state index in [0.717, 1.165) is 11.3 Å². The first kappa shape index (κ1) is 21.3. The number of hydrogen-bond donors (Lipinski definition) is 0. The maximum atomic E-state index is 13.2. The normalized spacial score (nSPS) is 16.5. The average Bonchev–Trinajstić information content (AvgIpc) is 2.68. The number of para-hydroxylation sites is 1. The van der Waals surface area contributed by atoms with Gasteiger partial charge < -0.3 is 9.64 Å². The monoisotopic (exact) mass is 406 g/mol. The quantitative estimate of drug-likeness (QED) is 0.381. The van der Waals surface area contributed by atoms with Crippen LogP contribution < -0.4 is 0 Å². The van der Waals surface area contributed by atoms with Gasteiger partial charge in [-0.15, -0.1) is 0 Å². The molecular formula is C24H26N2O4. The number of allylic oxidation sites excluding steroid dienone is 2. The Kier molecular flexibility index (Phi) is 6.06. The lowest BCUT2D eigenvalue weighted by molar-refractivity contribution is -0.385. The second kappa shape index (κ2) is 8.53. The minimum absolute atomic E-state index is 0.0162. The topological polar surface area (TPSA) is 72.7 Å². The van der Waals surface area contributed by atoms with E-state index in [1.807, 2.05) is 54.4 Å². The fraction of sp³-hybridized carbons (Fsp3) is 0.292. The van der Waals surface area contributed by atoms with Crippen LogP contribution in [0.15, 0.2) is 78.1 Å². The van der Waals surface area contributed by atoms with Crippen LogP contribution >= 0.6 is 0 Å². The number of esters is 1. The van der Waals surface area contributed by atoms with Crippen LogP contribution in [0.1, 0.15) is 44.7 Å². The summed E-state index contributed by atoms with van der Waals surface area (Å²) in [6.07, 6.45) is 3.72. The van der Waals surface area contributed by atoms with Gasteiger partial charge in [-0.3, -0.25) is 10.1 Å². The fourth-order valence-corrected chi connectivity index (χ4v) is 3.51. The van der Waals surface area contributed by atoms with Gasteiger partial charge in [-0.25, -0.2) is 4.79 Å². The highest BCUT2D eigenvalue weighted by molar-refractivity contribution is 5.92. The molecule has 0 N–H and O–H groups in total. The highest BCUT2D eigenvalue weighted by Gasteiger charge is 2.34. The summed E-state index contributed by atoms with van der Waals surface area (Å²) in [6, 6.07) is 16.4. The number of nitrogens with zero attached hydrogens (tertiary/aromatic N) is 2. The molecule has 1 unspecified atom stereocenters. The van der Waals surface area contributed by atoms with Crippen LogP contribution in [0.25, 0.3) is 0 Å². The number of carbonyl (C=O) groups excluding carboxylic acids is 1. The predicted octanol–water partition coefficient (Wildman–Crippen LogP) is 5.32. The minimum Gasteiger partial charge on any atom is -0.457 e. The molecule has 0 radical (unpaired) electrons. The summed E-state index contributed by atoms with van der Waals surface area (Å²) in [7, 11) is 0. The minimum atomic E-state index is -0.678. The molecule has 3 rings (SSSR count). The van der Waals surface area contributed by atoms with Crippen LogP contribution in [0.4, 0.5) is 5.69 Å². The molecule has 1 aliphatic rings. The highest BCUT2D eigenvalue weighted by atomic mass is 16.6. The van der Waals surface area contributed by atoms with Gasteiger partial charge in [-0.2, -0.15) is 0 Å². The lowest BCUT2D eigenvalue weighted by Crippen LogP contribution is -2.31. The second-order valence-electron chi connectivity index (χ2n) is 8.25. The maximum Gasteiger partial charge on any atom is 0.337 e. The smallest absolute Gasteiger partial charge is 0.337 e. The molecule has 1 aliphatic heterocycles. The van der Waals surface area contributed by atoms with E-state index in [-0.39, 0.29) is 5.69 Å². The van der Waals surface area contributed by atoms with Gasteiger partial charge in [0.2, 0.25) is 0 Å². The van der Waals surface area contributed by atoms with E-state index in [0.29, 0.717) is 17.7 Å². The molecule has 0 saturated carbocycles. The summed E-state index contributed by atoms with van der Waals surface area (Å²) < 4.78 is 5.67. The molecule has 0 spiro atoms. The van der Waals surface area contributed by atoms with Crippen molar-refractivity contribution in [2.45, 2.75) is 45.8 Å². The largest absolute Gasteiger partial charge is 0.457 e. The third-order valence-electron chi connectivity index (χ3n) is 4.87. The molecule has 0 bridgehead atoms. The molecule has 0 aliphatic carbocycles. The Labute approximate surface area is 176 Å². The lowest BCUT2D eigenvalue weighted by Gasteiger charge is -2.32. The number of nitro benzene ring substituents is 1. The fourth-order valence-electron chi connectivity index (χ4n) is 3.51. The van der Waals surface area contributed by atoms with E-state index < -0.39 is 22.4 Å². The van der Waals surface area contributed by atoms with Crippen molar-refractivity contribution in [2.24, 2.45) is 0 Å². The van der Waals surface area contributed by atoms with Gasteiger partial charge in [0, 0.05) is 36.0 Å². The molecule has 1 heterocycles. The summed E-state index contributed by atoms with van der Waals surface area (Å²) in [4.78, 5) is 26.3. The summed E-state index contributed by atoms with van der Waals surface area (Å²) in [5.41, 5.74) is 2.00. The Morgan fingerprint density at radius 2 is 1.73 bits per heavy atom. The number of ether oxygens (including phenoxy) is 1. The first-order chi connectivity index (χ1) is 14.2. The molecule has 6 heteroatoms. The predicted molar refractivity (Wildman–Crippen MR) is 116 cm³/mol. The zero-order valence-electron chi connectivity index (χ0n) is 17.7. The standard InChI is InChI=1S/C24H26N2O4/c1-17-22(23(27)30-24(2,3)4)20(19-12-8-9-13-21(19)26(28)29)14-15-25(17)16-18-10-6-5-7-11-18/h5-15,20H,16H2,1-4H3. The van der Waals surface area contributed by atoms with Gasteiger partial charge in [0.25, 0.3) is 5.69 Å². The number of nitro groups is 1. The van der Waals surface area contributed by atoms with Crippen LogP contribution in [0.2, 0.25) is 0 Å². The van der Waals surface area contributed by atoms with Crippen molar-refractivity contribution in [1.82, 2.24) is 4.90 Å². The summed E-state index contributed by atoms with van der Waals surface area (Å²) in [5, 5.41) is 11.6. The van der Waals surface area contributed by atoms with Crippen molar-refractivity contribution in [3.63, 3.8) is 0 Å². The molecule has 2 aromatic carbocycles. The van der Waals surface area contributed by atoms with Crippen molar-refractivity contribution in [3.8, 4) is 0 Å². The van der Waals surface area contributed by atoms with Gasteiger partial charge in [0.15, 0.2) is 0 Å². The SMILES string of the molecule is CC1=C(C(=O)OC(C)(C)C)C(c2ccccc2[N+](=O)[O-])C=CN1Cc1ccccc1. The number of benzene rings is 2. The maximum absolute atomic E-state index is 13.2. The third-order valence-corrected chi connectivity index (χ3v) is 4.87. The van der Waals surface area contributed by atoms with E-state index in [1.54, 1.807) is 39.0 Å². The zero-order valence-corrected chi connectivity index (χ0v) is 17.7. The van der Waals surface area contributed by atoms with Crippen LogP contribution in [0.3, 0.4) is 0 Å². The van der Waals surface area contributed by atoms with E-state index in [9.17, 15) is 14.9 Å². The van der Waals surface area contributed by atoms with Crippen LogP contribution in [-0.2, 0) is 16.1 Å². The number of hydrogen-bond acceptors (Lipinski definition) is 5. The van der Waals surface area contributed by atoms with E-state index in [1.165, 1.54) is 6.07 Å². The van der Waals surface area contributed by atoms with E-state index in [4.69, 9.17) is 4.74 Å². The summed E-state index contributed by atoms with van der Waals surface area (Å²) in [5.74, 6) is -1.03. The second-order valence-corrected chi connectivity index (χ2v) is 8.25. The zero-order chi connectivity index (χ0) is 21.9. The molecular weight excluding hydrogens is 380 g/mol. The van der Waals surface area contributed by atoms with E-state index >= 15 is 0 Å². The van der Waals surface area contributed by atoms with Crippen molar-refractivity contribution in [3.05, 3.63) is 99.4 Å². The van der Waals surface area contributed by atoms with Crippen molar-refractivity contribution < 1.29 is 14.5 Å². The van der Waals surface area contributed by atoms with Gasteiger partial charge in [-0.1, -0.05) is 54.6 Å². The molecule has 0 saturated heterocycles. The van der Waals surface area contributed by atoms with Gasteiger partial charge in [0.05, 0.1) is 10.5 Å². The Morgan fingerprint density at radius 3 is 2.37 bits per heavy atom. The van der Waals surface area contributed by atoms with Crippen LogP contribution in [0.5, 0.6) is 0 Å². The highest BCUT2D eigenvalue weighted by Crippen LogP contribution is 2.39. The molecule has 0 fully saturated rings.